The van der Waals surface area contributed by atoms with Crippen molar-refractivity contribution in [2.75, 3.05) is 6.54 Å². The Labute approximate surface area is 92.2 Å². The molecule has 1 rings (SSSR count). The summed E-state index contributed by atoms with van der Waals surface area (Å²) < 4.78 is 0. The second kappa shape index (κ2) is 6.06. The first-order valence-electron chi connectivity index (χ1n) is 5.20. The Morgan fingerprint density at radius 2 is 2.13 bits per heavy atom. The van der Waals surface area contributed by atoms with E-state index in [9.17, 15) is 0 Å². The van der Waals surface area contributed by atoms with Crippen LogP contribution in [0.2, 0.25) is 0 Å². The molecule has 1 unspecified atom stereocenters. The minimum atomic E-state index is 0.144. The quantitative estimate of drug-likeness (QED) is 0.719. The predicted molar refractivity (Wildman–Crippen MR) is 66.4 cm³/mol. The van der Waals surface area contributed by atoms with E-state index in [-0.39, 0.29) is 6.04 Å². The molecule has 1 atom stereocenters. The first-order valence-corrected chi connectivity index (χ1v) is 5.20. The zero-order chi connectivity index (χ0) is 11.1. The van der Waals surface area contributed by atoms with Gasteiger partial charge in [0.1, 0.15) is 0 Å². The van der Waals surface area contributed by atoms with Gasteiger partial charge in [0.25, 0.3) is 0 Å². The third-order valence-corrected chi connectivity index (χ3v) is 2.35. The lowest BCUT2D eigenvalue weighted by Crippen LogP contribution is -2.28. The first-order chi connectivity index (χ1) is 7.27. The fourth-order valence-corrected chi connectivity index (χ4v) is 1.34. The lowest BCUT2D eigenvalue weighted by atomic mass is 10.1. The van der Waals surface area contributed by atoms with Gasteiger partial charge in [-0.3, -0.25) is 5.32 Å². The Hall–Kier alpha value is -1.52. The highest BCUT2D eigenvalue weighted by atomic mass is 14.9. The molecular weight excluding hydrogens is 182 g/mol. The third kappa shape index (κ3) is 3.61. The van der Waals surface area contributed by atoms with Crippen LogP contribution in [0.5, 0.6) is 0 Å². The van der Waals surface area contributed by atoms with Crippen molar-refractivity contribution in [3.05, 3.63) is 42.5 Å². The Morgan fingerprint density at radius 3 is 2.67 bits per heavy atom. The lowest BCUT2D eigenvalue weighted by Gasteiger charge is -2.12. The second-order valence-corrected chi connectivity index (χ2v) is 3.48. The molecule has 0 fully saturated rings. The molecule has 1 aromatic rings. The van der Waals surface area contributed by atoms with Crippen LogP contribution in [0.4, 0.5) is 0 Å². The molecule has 0 aliphatic carbocycles. The van der Waals surface area contributed by atoms with Gasteiger partial charge in [-0.05, 0) is 17.6 Å². The molecule has 0 heterocycles. The average molecular weight is 199 g/mol. The van der Waals surface area contributed by atoms with Crippen LogP contribution in [0.1, 0.15) is 18.9 Å². The third-order valence-electron chi connectivity index (χ3n) is 2.35. The summed E-state index contributed by atoms with van der Waals surface area (Å²) in [6.07, 6.45) is 6.31. The van der Waals surface area contributed by atoms with E-state index < -0.39 is 0 Å². The summed E-state index contributed by atoms with van der Waals surface area (Å²) in [7, 11) is 0. The van der Waals surface area contributed by atoms with E-state index in [1.165, 1.54) is 0 Å². The highest BCUT2D eigenvalue weighted by Gasteiger charge is 2.02. The molecule has 0 aliphatic heterocycles. The Bertz CT molecular complexity index is 345. The lowest BCUT2D eigenvalue weighted by molar-refractivity contribution is 0.638. The van der Waals surface area contributed by atoms with Crippen molar-refractivity contribution in [1.82, 2.24) is 5.32 Å². The van der Waals surface area contributed by atoms with Crippen LogP contribution in [0.15, 0.2) is 36.9 Å². The van der Waals surface area contributed by atoms with E-state index in [2.05, 4.69) is 36.9 Å². The summed E-state index contributed by atoms with van der Waals surface area (Å²) in [5.41, 5.74) is 2.24. The molecule has 15 heavy (non-hydrogen) atoms. The van der Waals surface area contributed by atoms with Crippen LogP contribution in [-0.4, -0.2) is 12.6 Å². The summed E-state index contributed by atoms with van der Waals surface area (Å²) in [5.74, 6) is 2.71. The van der Waals surface area contributed by atoms with Gasteiger partial charge in [-0.1, -0.05) is 49.8 Å². The molecule has 0 spiro atoms. The van der Waals surface area contributed by atoms with Gasteiger partial charge < -0.3 is 0 Å². The smallest absolute Gasteiger partial charge is 0.0686 e. The maximum atomic E-state index is 5.37. The summed E-state index contributed by atoms with van der Waals surface area (Å²) in [6.45, 7) is 6.85. The van der Waals surface area contributed by atoms with Gasteiger partial charge in [0.15, 0.2) is 0 Å². The highest BCUT2D eigenvalue weighted by molar-refractivity contribution is 5.64. The van der Waals surface area contributed by atoms with Gasteiger partial charge in [0.05, 0.1) is 6.04 Å². The van der Waals surface area contributed by atoms with E-state index in [1.54, 1.807) is 0 Å². The molecule has 0 aliphatic rings. The highest BCUT2D eigenvalue weighted by Crippen LogP contribution is 2.10. The maximum Gasteiger partial charge on any atom is 0.0686 e. The monoisotopic (exact) mass is 199 g/mol. The van der Waals surface area contributed by atoms with Crippen molar-refractivity contribution in [2.45, 2.75) is 19.4 Å². The van der Waals surface area contributed by atoms with Crippen molar-refractivity contribution >= 4 is 5.57 Å². The number of hydrogen-bond donors (Lipinski definition) is 1. The van der Waals surface area contributed by atoms with Gasteiger partial charge >= 0.3 is 0 Å². The van der Waals surface area contributed by atoms with Crippen molar-refractivity contribution < 1.29 is 0 Å². The average Bonchev–Trinajstić information content (AvgIpc) is 2.31. The van der Waals surface area contributed by atoms with E-state index in [0.29, 0.717) is 0 Å². The van der Waals surface area contributed by atoms with Crippen LogP contribution in [0.3, 0.4) is 0 Å². The van der Waals surface area contributed by atoms with Crippen LogP contribution >= 0.6 is 0 Å². The van der Waals surface area contributed by atoms with E-state index in [0.717, 1.165) is 24.1 Å². The zero-order valence-electron chi connectivity index (χ0n) is 9.16. The molecule has 0 saturated carbocycles. The molecule has 0 bridgehead atoms. The number of benzene rings is 1. The van der Waals surface area contributed by atoms with E-state index >= 15 is 0 Å². The Morgan fingerprint density at radius 1 is 1.47 bits per heavy atom. The SMILES string of the molecule is C#CC(CC)NCC(=C)c1ccccc1. The number of terminal acetylenes is 1. The molecule has 0 radical (unpaired) electrons. The van der Waals surface area contributed by atoms with Gasteiger partial charge in [-0.15, -0.1) is 6.42 Å². The van der Waals surface area contributed by atoms with Crippen LogP contribution in [-0.2, 0) is 0 Å². The molecule has 0 aromatic heterocycles. The Kier molecular flexibility index (Phi) is 4.66. The molecule has 1 aromatic carbocycles. The summed E-state index contributed by atoms with van der Waals surface area (Å²) in [6, 6.07) is 10.3. The first kappa shape index (κ1) is 11.6. The molecular formula is C14H17N. The number of nitrogens with one attached hydrogen (secondary N) is 1. The normalized spacial score (nSPS) is 11.7. The van der Waals surface area contributed by atoms with Crippen molar-refractivity contribution in [2.24, 2.45) is 0 Å². The van der Waals surface area contributed by atoms with E-state index in [1.807, 2.05) is 18.2 Å². The van der Waals surface area contributed by atoms with Gasteiger partial charge in [-0.25, -0.2) is 0 Å². The minimum Gasteiger partial charge on any atom is -0.300 e. The van der Waals surface area contributed by atoms with E-state index in [4.69, 9.17) is 6.42 Å². The molecule has 1 nitrogen and oxygen atoms in total. The molecule has 1 N–H and O–H groups in total. The standard InChI is InChI=1S/C14H17N/c1-4-14(5-2)15-11-12(3)13-9-7-6-8-10-13/h1,6-10,14-15H,3,5,11H2,2H3. The molecule has 0 amide bonds. The maximum absolute atomic E-state index is 5.37. The molecule has 1 heteroatoms. The largest absolute Gasteiger partial charge is 0.300 e. The summed E-state index contributed by atoms with van der Waals surface area (Å²) >= 11 is 0. The van der Waals surface area contributed by atoms with Gasteiger partial charge in [0.2, 0.25) is 0 Å². The van der Waals surface area contributed by atoms with Gasteiger partial charge in [0, 0.05) is 6.54 Å². The van der Waals surface area contributed by atoms with Crippen LogP contribution in [0.25, 0.3) is 5.57 Å². The van der Waals surface area contributed by atoms with Crippen molar-refractivity contribution in [3.63, 3.8) is 0 Å². The summed E-state index contributed by atoms with van der Waals surface area (Å²) in [5, 5.41) is 3.28. The molecule has 0 saturated heterocycles. The minimum absolute atomic E-state index is 0.144. The molecule has 78 valence electrons. The summed E-state index contributed by atoms with van der Waals surface area (Å²) in [4.78, 5) is 0. The zero-order valence-corrected chi connectivity index (χ0v) is 9.16. The van der Waals surface area contributed by atoms with Gasteiger partial charge in [-0.2, -0.15) is 0 Å². The number of rotatable bonds is 5. The second-order valence-electron chi connectivity index (χ2n) is 3.48. The van der Waals surface area contributed by atoms with Crippen LogP contribution < -0.4 is 5.32 Å². The topological polar surface area (TPSA) is 12.0 Å². The van der Waals surface area contributed by atoms with Crippen molar-refractivity contribution in [1.29, 1.82) is 0 Å². The van der Waals surface area contributed by atoms with Crippen molar-refractivity contribution in [3.8, 4) is 12.3 Å². The Balaban J connectivity index is 2.48. The fourth-order valence-electron chi connectivity index (χ4n) is 1.34. The number of hydrogen-bond acceptors (Lipinski definition) is 1. The predicted octanol–water partition coefficient (Wildman–Crippen LogP) is 2.70. The fraction of sp³-hybridized carbons (Fsp3) is 0.286. The van der Waals surface area contributed by atoms with Crippen LogP contribution in [0, 0.1) is 12.3 Å².